The summed E-state index contributed by atoms with van der Waals surface area (Å²) in [6.45, 7) is 2.62. The fraction of sp³-hybridized carbons (Fsp3) is 0.429. The molecule has 0 radical (unpaired) electrons. The van der Waals surface area contributed by atoms with E-state index in [4.69, 9.17) is 10.5 Å². The molecule has 1 aromatic carbocycles. The van der Waals surface area contributed by atoms with Gasteiger partial charge in [-0.3, -0.25) is 9.59 Å². The standard InChI is InChI=1S/C14H19N3O3/c1-9(18)16-11-5-6-17(8-11)14(19)12-4-3-10(15)7-13(12)20-2/h3-4,7,11H,5-6,8,15H2,1-2H3,(H,16,18). The SMILES string of the molecule is COc1cc(N)ccc1C(=O)N1CCC(NC(C)=O)C1. The van der Waals surface area contributed by atoms with Crippen molar-refractivity contribution in [1.82, 2.24) is 10.2 Å². The zero-order chi connectivity index (χ0) is 14.7. The Morgan fingerprint density at radius 2 is 2.20 bits per heavy atom. The largest absolute Gasteiger partial charge is 0.496 e. The average molecular weight is 277 g/mol. The Balaban J connectivity index is 2.11. The van der Waals surface area contributed by atoms with E-state index in [1.165, 1.54) is 14.0 Å². The Bertz CT molecular complexity index is 530. The van der Waals surface area contributed by atoms with E-state index < -0.39 is 0 Å². The van der Waals surface area contributed by atoms with E-state index in [1.54, 1.807) is 23.1 Å². The molecule has 6 nitrogen and oxygen atoms in total. The second-order valence-corrected chi connectivity index (χ2v) is 4.90. The molecule has 1 saturated heterocycles. The lowest BCUT2D eigenvalue weighted by molar-refractivity contribution is -0.119. The number of ether oxygens (including phenoxy) is 1. The number of carbonyl (C=O) groups excluding carboxylic acids is 2. The van der Waals surface area contributed by atoms with Crippen molar-refractivity contribution in [3.05, 3.63) is 23.8 Å². The number of nitrogens with zero attached hydrogens (tertiary/aromatic N) is 1. The van der Waals surface area contributed by atoms with Gasteiger partial charge in [0.15, 0.2) is 0 Å². The number of rotatable bonds is 3. The normalized spacial score (nSPS) is 17.9. The molecule has 108 valence electrons. The molecule has 0 aliphatic carbocycles. The average Bonchev–Trinajstić information content (AvgIpc) is 2.85. The van der Waals surface area contributed by atoms with E-state index in [0.717, 1.165) is 6.42 Å². The summed E-state index contributed by atoms with van der Waals surface area (Å²) in [5, 5.41) is 2.83. The highest BCUT2D eigenvalue weighted by molar-refractivity contribution is 5.97. The van der Waals surface area contributed by atoms with Crippen LogP contribution < -0.4 is 15.8 Å². The van der Waals surface area contributed by atoms with Crippen LogP contribution in [0.15, 0.2) is 18.2 Å². The predicted molar refractivity (Wildman–Crippen MR) is 75.5 cm³/mol. The summed E-state index contributed by atoms with van der Waals surface area (Å²) in [5.41, 5.74) is 6.72. The maximum Gasteiger partial charge on any atom is 0.257 e. The van der Waals surface area contributed by atoms with Gasteiger partial charge >= 0.3 is 0 Å². The van der Waals surface area contributed by atoms with Gasteiger partial charge in [-0.15, -0.1) is 0 Å². The van der Waals surface area contributed by atoms with Crippen LogP contribution in [0.1, 0.15) is 23.7 Å². The minimum Gasteiger partial charge on any atom is -0.496 e. The van der Waals surface area contributed by atoms with Gasteiger partial charge in [-0.25, -0.2) is 0 Å². The Kier molecular flexibility index (Phi) is 4.12. The molecule has 2 amide bonds. The molecule has 1 heterocycles. The van der Waals surface area contributed by atoms with Crippen LogP contribution in [0.5, 0.6) is 5.75 Å². The van der Waals surface area contributed by atoms with Crippen LogP contribution in [0.25, 0.3) is 0 Å². The Labute approximate surface area is 117 Å². The lowest BCUT2D eigenvalue weighted by atomic mass is 10.1. The molecule has 0 bridgehead atoms. The number of carbonyl (C=O) groups is 2. The number of amides is 2. The van der Waals surface area contributed by atoms with Gasteiger partial charge in [-0.2, -0.15) is 0 Å². The van der Waals surface area contributed by atoms with Crippen molar-refractivity contribution in [3.8, 4) is 5.75 Å². The number of hydrogen-bond donors (Lipinski definition) is 2. The topological polar surface area (TPSA) is 84.7 Å². The molecule has 6 heteroatoms. The number of likely N-dealkylation sites (tertiary alicyclic amines) is 1. The van der Waals surface area contributed by atoms with E-state index in [0.29, 0.717) is 30.1 Å². The van der Waals surface area contributed by atoms with Gasteiger partial charge < -0.3 is 20.7 Å². The second kappa shape index (κ2) is 5.81. The minimum absolute atomic E-state index is 0.0243. The summed E-state index contributed by atoms with van der Waals surface area (Å²) in [4.78, 5) is 25.2. The monoisotopic (exact) mass is 277 g/mol. The Hall–Kier alpha value is -2.24. The van der Waals surface area contributed by atoms with Crippen molar-refractivity contribution in [2.45, 2.75) is 19.4 Å². The number of benzene rings is 1. The quantitative estimate of drug-likeness (QED) is 0.794. The zero-order valence-corrected chi connectivity index (χ0v) is 11.7. The third-order valence-electron chi connectivity index (χ3n) is 3.34. The van der Waals surface area contributed by atoms with Crippen molar-refractivity contribution in [3.63, 3.8) is 0 Å². The second-order valence-electron chi connectivity index (χ2n) is 4.90. The lowest BCUT2D eigenvalue weighted by Crippen LogP contribution is -2.37. The summed E-state index contributed by atoms with van der Waals surface area (Å²) < 4.78 is 5.20. The first-order valence-electron chi connectivity index (χ1n) is 6.51. The predicted octanol–water partition coefficient (Wildman–Crippen LogP) is 0.628. The number of nitrogen functional groups attached to an aromatic ring is 1. The van der Waals surface area contributed by atoms with Crippen LogP contribution >= 0.6 is 0 Å². The van der Waals surface area contributed by atoms with Gasteiger partial charge in [-0.1, -0.05) is 0 Å². The van der Waals surface area contributed by atoms with Crippen LogP contribution in [0.2, 0.25) is 0 Å². The smallest absolute Gasteiger partial charge is 0.257 e. The molecule has 1 atom stereocenters. The van der Waals surface area contributed by atoms with E-state index >= 15 is 0 Å². The summed E-state index contributed by atoms with van der Waals surface area (Å²) in [5.74, 6) is 0.294. The van der Waals surface area contributed by atoms with Crippen LogP contribution in [0, 0.1) is 0 Å². The van der Waals surface area contributed by atoms with Crippen LogP contribution in [0.4, 0.5) is 5.69 Å². The highest BCUT2D eigenvalue weighted by Gasteiger charge is 2.28. The molecule has 2 rings (SSSR count). The zero-order valence-electron chi connectivity index (χ0n) is 11.7. The van der Waals surface area contributed by atoms with Crippen LogP contribution in [-0.4, -0.2) is 43.0 Å². The first-order chi connectivity index (χ1) is 9.51. The van der Waals surface area contributed by atoms with Crippen LogP contribution in [0.3, 0.4) is 0 Å². The van der Waals surface area contributed by atoms with Gasteiger partial charge in [0, 0.05) is 37.8 Å². The van der Waals surface area contributed by atoms with Gasteiger partial charge in [0.1, 0.15) is 5.75 Å². The third kappa shape index (κ3) is 3.01. The number of methoxy groups -OCH3 is 1. The highest BCUT2D eigenvalue weighted by atomic mass is 16.5. The van der Waals surface area contributed by atoms with Gasteiger partial charge in [0.05, 0.1) is 12.7 Å². The molecule has 0 aromatic heterocycles. The number of nitrogens with two attached hydrogens (primary N) is 1. The maximum absolute atomic E-state index is 12.5. The fourth-order valence-electron chi connectivity index (χ4n) is 2.40. The van der Waals surface area contributed by atoms with Crippen LogP contribution in [-0.2, 0) is 4.79 Å². The summed E-state index contributed by atoms with van der Waals surface area (Å²) in [6.07, 6.45) is 0.766. The van der Waals surface area contributed by atoms with Crippen molar-refractivity contribution in [2.75, 3.05) is 25.9 Å². The van der Waals surface area contributed by atoms with Crippen molar-refractivity contribution < 1.29 is 14.3 Å². The first-order valence-corrected chi connectivity index (χ1v) is 6.51. The minimum atomic E-state index is -0.102. The van der Waals surface area contributed by atoms with E-state index in [2.05, 4.69) is 5.32 Å². The molecule has 0 spiro atoms. The molecule has 1 fully saturated rings. The maximum atomic E-state index is 12.5. The molecule has 1 aliphatic rings. The Morgan fingerprint density at radius 3 is 2.85 bits per heavy atom. The van der Waals surface area contributed by atoms with Gasteiger partial charge in [0.2, 0.25) is 5.91 Å². The lowest BCUT2D eigenvalue weighted by Gasteiger charge is -2.18. The Morgan fingerprint density at radius 1 is 1.45 bits per heavy atom. The fourth-order valence-corrected chi connectivity index (χ4v) is 2.40. The van der Waals surface area contributed by atoms with Crippen molar-refractivity contribution in [1.29, 1.82) is 0 Å². The molecule has 0 saturated carbocycles. The third-order valence-corrected chi connectivity index (χ3v) is 3.34. The van der Waals surface area contributed by atoms with E-state index in [1.807, 2.05) is 0 Å². The number of nitrogens with one attached hydrogen (secondary N) is 1. The molecule has 3 N–H and O–H groups in total. The number of anilines is 1. The van der Waals surface area contributed by atoms with Crippen molar-refractivity contribution in [2.24, 2.45) is 0 Å². The molecular weight excluding hydrogens is 258 g/mol. The summed E-state index contributed by atoms with van der Waals surface area (Å²) in [7, 11) is 1.51. The highest BCUT2D eigenvalue weighted by Crippen LogP contribution is 2.24. The van der Waals surface area contributed by atoms with Gasteiger partial charge in [-0.05, 0) is 18.6 Å². The molecule has 1 unspecified atom stereocenters. The molecule has 1 aliphatic heterocycles. The van der Waals surface area contributed by atoms with Crippen molar-refractivity contribution >= 4 is 17.5 Å². The molecule has 1 aromatic rings. The summed E-state index contributed by atoms with van der Waals surface area (Å²) in [6, 6.07) is 5.00. The molecule has 20 heavy (non-hydrogen) atoms. The molecular formula is C14H19N3O3. The van der Waals surface area contributed by atoms with E-state index in [9.17, 15) is 9.59 Å². The summed E-state index contributed by atoms with van der Waals surface area (Å²) >= 11 is 0. The first kappa shape index (κ1) is 14.2. The van der Waals surface area contributed by atoms with E-state index in [-0.39, 0.29) is 17.9 Å². The van der Waals surface area contributed by atoms with Gasteiger partial charge in [0.25, 0.3) is 5.91 Å². The number of hydrogen-bond acceptors (Lipinski definition) is 4.